The van der Waals surface area contributed by atoms with Gasteiger partial charge in [-0.3, -0.25) is 13.2 Å². The van der Waals surface area contributed by atoms with Gasteiger partial charge < -0.3 is 10.1 Å². The highest BCUT2D eigenvalue weighted by molar-refractivity contribution is 14.1. The third-order valence-corrected chi connectivity index (χ3v) is 5.19. The molecule has 0 aromatic carbocycles. The van der Waals surface area contributed by atoms with Gasteiger partial charge in [-0.15, -0.1) is 0 Å². The topological polar surface area (TPSA) is 53.6 Å². The number of hydrogen-bond acceptors (Lipinski definition) is 4. The van der Waals surface area contributed by atoms with Crippen molar-refractivity contribution in [2.75, 3.05) is 39.4 Å². The molecule has 1 saturated carbocycles. The van der Waals surface area contributed by atoms with E-state index in [0.717, 1.165) is 71.5 Å². The first kappa shape index (κ1) is 16.5. The van der Waals surface area contributed by atoms with Gasteiger partial charge in [-0.1, -0.05) is 0 Å². The Morgan fingerprint density at radius 2 is 1.90 bits per heavy atom. The first-order chi connectivity index (χ1) is 9.79. The molecule has 2 N–H and O–H groups in total. The summed E-state index contributed by atoms with van der Waals surface area (Å²) in [5, 5.41) is 3.11. The zero-order valence-corrected chi connectivity index (χ0v) is 14.2. The number of amides is 1. The van der Waals surface area contributed by atoms with Crippen LogP contribution in [0.4, 0.5) is 0 Å². The van der Waals surface area contributed by atoms with E-state index in [2.05, 4.69) is 36.6 Å². The van der Waals surface area contributed by atoms with Gasteiger partial charge in [0, 0.05) is 54.5 Å². The van der Waals surface area contributed by atoms with Crippen LogP contribution in [0.2, 0.25) is 0 Å². The van der Waals surface area contributed by atoms with Crippen molar-refractivity contribution in [3.8, 4) is 0 Å². The number of hydrogen-bond donors (Lipinski definition) is 2. The fraction of sp³-hybridized carbons (Fsp3) is 0.929. The Kier molecular flexibility index (Phi) is 7.54. The second kappa shape index (κ2) is 9.17. The van der Waals surface area contributed by atoms with Crippen molar-refractivity contribution in [1.29, 1.82) is 0 Å². The van der Waals surface area contributed by atoms with E-state index in [4.69, 9.17) is 4.74 Å². The molecule has 5 nitrogen and oxygen atoms in total. The molecule has 1 aliphatic heterocycles. The third kappa shape index (κ3) is 5.46. The van der Waals surface area contributed by atoms with E-state index >= 15 is 0 Å². The lowest BCUT2D eigenvalue weighted by Gasteiger charge is -2.28. The number of nitrogens with zero attached hydrogens (tertiary/aromatic N) is 1. The van der Waals surface area contributed by atoms with Gasteiger partial charge in [0.1, 0.15) is 0 Å². The molecule has 0 aromatic rings. The Morgan fingerprint density at radius 1 is 1.20 bits per heavy atom. The number of carbonyl (C=O) groups is 1. The zero-order chi connectivity index (χ0) is 14.2. The summed E-state index contributed by atoms with van der Waals surface area (Å²) in [7, 11) is 0. The highest BCUT2D eigenvalue weighted by Gasteiger charge is 2.25. The molecule has 0 bridgehead atoms. The van der Waals surface area contributed by atoms with Gasteiger partial charge >= 0.3 is 0 Å². The number of ether oxygens (including phenoxy) is 1. The van der Waals surface area contributed by atoms with E-state index in [1.54, 1.807) is 0 Å². The standard InChI is InChI=1S/C14H26IN3O2/c15-17-13-4-2-12(3-5-13)14(19)16-6-1-7-18-8-10-20-11-9-18/h12-13,17H,1-11H2,(H,16,19). The predicted octanol–water partition coefficient (Wildman–Crippen LogP) is 1.32. The third-order valence-electron chi connectivity index (χ3n) is 4.31. The Morgan fingerprint density at radius 3 is 2.55 bits per heavy atom. The molecule has 0 unspecified atom stereocenters. The van der Waals surface area contributed by atoms with Gasteiger partial charge in [0.25, 0.3) is 0 Å². The van der Waals surface area contributed by atoms with Crippen LogP contribution in [0, 0.1) is 5.92 Å². The summed E-state index contributed by atoms with van der Waals surface area (Å²) in [6, 6.07) is 0.598. The number of morpholine rings is 1. The molecule has 6 heteroatoms. The van der Waals surface area contributed by atoms with Crippen molar-refractivity contribution in [3.63, 3.8) is 0 Å². The summed E-state index contributed by atoms with van der Waals surface area (Å²) in [6.07, 6.45) is 5.33. The Bertz CT molecular complexity index is 290. The lowest BCUT2D eigenvalue weighted by atomic mass is 9.86. The molecule has 0 atom stereocenters. The average molecular weight is 395 g/mol. The van der Waals surface area contributed by atoms with Crippen molar-refractivity contribution in [1.82, 2.24) is 13.7 Å². The van der Waals surface area contributed by atoms with E-state index in [9.17, 15) is 4.79 Å². The van der Waals surface area contributed by atoms with Crippen molar-refractivity contribution >= 4 is 28.8 Å². The second-order valence-corrected chi connectivity index (χ2v) is 6.38. The fourth-order valence-corrected chi connectivity index (χ4v) is 3.57. The number of halogens is 1. The van der Waals surface area contributed by atoms with Gasteiger partial charge in [-0.25, -0.2) is 0 Å². The summed E-state index contributed by atoms with van der Waals surface area (Å²) in [6.45, 7) is 5.62. The van der Waals surface area contributed by atoms with Crippen LogP contribution in [0.25, 0.3) is 0 Å². The van der Waals surface area contributed by atoms with Crippen LogP contribution in [-0.2, 0) is 9.53 Å². The predicted molar refractivity (Wildman–Crippen MR) is 87.8 cm³/mol. The van der Waals surface area contributed by atoms with Crippen LogP contribution in [0.3, 0.4) is 0 Å². The summed E-state index contributed by atoms with van der Waals surface area (Å²) in [4.78, 5) is 14.5. The first-order valence-corrected chi connectivity index (χ1v) is 8.81. The molecular formula is C14H26IN3O2. The largest absolute Gasteiger partial charge is 0.379 e. The number of carbonyl (C=O) groups excluding carboxylic acids is 1. The molecule has 1 amide bonds. The molecule has 20 heavy (non-hydrogen) atoms. The molecule has 1 saturated heterocycles. The SMILES string of the molecule is O=C(NCCCN1CCOCC1)C1CCC(NI)CC1. The van der Waals surface area contributed by atoms with Gasteiger partial charge in [0.2, 0.25) is 5.91 Å². The molecule has 2 aliphatic rings. The van der Waals surface area contributed by atoms with Crippen LogP contribution in [0.15, 0.2) is 0 Å². The second-order valence-electron chi connectivity index (χ2n) is 5.76. The van der Waals surface area contributed by atoms with Crippen molar-refractivity contribution in [3.05, 3.63) is 0 Å². The van der Waals surface area contributed by atoms with Crippen molar-refractivity contribution in [2.45, 2.75) is 38.1 Å². The maximum atomic E-state index is 12.1. The minimum Gasteiger partial charge on any atom is -0.379 e. The Hall–Kier alpha value is 0.0800. The normalized spacial score (nSPS) is 28.2. The maximum Gasteiger partial charge on any atom is 0.223 e. The fourth-order valence-electron chi connectivity index (χ4n) is 2.95. The lowest BCUT2D eigenvalue weighted by Crippen LogP contribution is -2.39. The molecule has 1 heterocycles. The first-order valence-electron chi connectivity index (χ1n) is 7.73. The maximum absolute atomic E-state index is 12.1. The van der Waals surface area contributed by atoms with Gasteiger partial charge in [-0.2, -0.15) is 0 Å². The molecule has 1 aliphatic carbocycles. The summed E-state index contributed by atoms with van der Waals surface area (Å²) < 4.78 is 8.60. The summed E-state index contributed by atoms with van der Waals surface area (Å²) in [5.74, 6) is 0.498. The van der Waals surface area contributed by atoms with E-state index in [1.165, 1.54) is 0 Å². The van der Waals surface area contributed by atoms with E-state index < -0.39 is 0 Å². The number of nitrogens with one attached hydrogen (secondary N) is 2. The minimum absolute atomic E-state index is 0.236. The van der Waals surface area contributed by atoms with Gasteiger partial charge in [0.05, 0.1) is 13.2 Å². The summed E-state index contributed by atoms with van der Waals surface area (Å²) >= 11 is 2.22. The molecule has 0 aromatic heterocycles. The van der Waals surface area contributed by atoms with Crippen molar-refractivity contribution in [2.24, 2.45) is 5.92 Å². The molecule has 116 valence electrons. The number of rotatable bonds is 6. The molecular weight excluding hydrogens is 369 g/mol. The van der Waals surface area contributed by atoms with Crippen LogP contribution in [0.1, 0.15) is 32.1 Å². The highest BCUT2D eigenvalue weighted by atomic mass is 127. The lowest BCUT2D eigenvalue weighted by molar-refractivity contribution is -0.126. The molecule has 0 spiro atoms. The quantitative estimate of drug-likeness (QED) is 0.405. The monoisotopic (exact) mass is 395 g/mol. The molecule has 0 radical (unpaired) electrons. The van der Waals surface area contributed by atoms with E-state index in [1.807, 2.05) is 0 Å². The van der Waals surface area contributed by atoms with Gasteiger partial charge in [0.15, 0.2) is 0 Å². The van der Waals surface area contributed by atoms with Crippen LogP contribution in [0.5, 0.6) is 0 Å². The van der Waals surface area contributed by atoms with E-state index in [0.29, 0.717) is 6.04 Å². The van der Waals surface area contributed by atoms with Crippen molar-refractivity contribution < 1.29 is 9.53 Å². The smallest absolute Gasteiger partial charge is 0.223 e. The van der Waals surface area contributed by atoms with Crippen LogP contribution in [-0.4, -0.2) is 56.2 Å². The van der Waals surface area contributed by atoms with Crippen LogP contribution >= 0.6 is 22.9 Å². The molecule has 2 fully saturated rings. The highest BCUT2D eigenvalue weighted by Crippen LogP contribution is 2.24. The zero-order valence-electron chi connectivity index (χ0n) is 12.1. The minimum atomic E-state index is 0.236. The Labute approximate surface area is 135 Å². The van der Waals surface area contributed by atoms with E-state index in [-0.39, 0.29) is 11.8 Å². The Balaban J connectivity index is 1.53. The van der Waals surface area contributed by atoms with Crippen LogP contribution < -0.4 is 8.85 Å². The summed E-state index contributed by atoms with van der Waals surface area (Å²) in [5.41, 5.74) is 0. The van der Waals surface area contributed by atoms with Gasteiger partial charge in [-0.05, 0) is 38.6 Å². The molecule has 2 rings (SSSR count). The average Bonchev–Trinajstić information content (AvgIpc) is 2.52.